The molecule has 1 unspecified atom stereocenters. The van der Waals surface area contributed by atoms with Crippen molar-refractivity contribution in [3.8, 4) is 0 Å². The SMILES string of the molecule is CCCC(SC(C)=O)[Si](OCC)OCC. The lowest BCUT2D eigenvalue weighted by atomic mass is 10.4. The second-order valence-corrected chi connectivity index (χ2v) is 6.78. The summed E-state index contributed by atoms with van der Waals surface area (Å²) in [5.74, 6) is 0. The van der Waals surface area contributed by atoms with Gasteiger partial charge in [0.1, 0.15) is 0 Å². The molecule has 0 aliphatic carbocycles. The lowest BCUT2D eigenvalue weighted by Gasteiger charge is -2.21. The molecule has 0 aliphatic rings. The Balaban J connectivity index is 4.28. The largest absolute Gasteiger partial charge is 0.399 e. The minimum Gasteiger partial charge on any atom is -0.393 e. The smallest absolute Gasteiger partial charge is 0.393 e. The summed E-state index contributed by atoms with van der Waals surface area (Å²) in [4.78, 5) is 11.3. The van der Waals surface area contributed by atoms with E-state index in [0.717, 1.165) is 12.8 Å². The fourth-order valence-electron chi connectivity index (χ4n) is 1.20. The van der Waals surface area contributed by atoms with Gasteiger partial charge in [-0.2, -0.15) is 0 Å². The predicted molar refractivity (Wildman–Crippen MR) is 66.0 cm³/mol. The van der Waals surface area contributed by atoms with Crippen LogP contribution in [0.25, 0.3) is 0 Å². The van der Waals surface area contributed by atoms with Crippen molar-refractivity contribution >= 4 is 26.2 Å². The highest BCUT2D eigenvalue weighted by Gasteiger charge is 2.29. The van der Waals surface area contributed by atoms with E-state index in [9.17, 15) is 4.79 Å². The Hall–Kier alpha value is 0.157. The van der Waals surface area contributed by atoms with Crippen LogP contribution in [-0.4, -0.2) is 32.5 Å². The van der Waals surface area contributed by atoms with Gasteiger partial charge in [0.2, 0.25) is 0 Å². The Morgan fingerprint density at radius 1 is 1.27 bits per heavy atom. The van der Waals surface area contributed by atoms with Gasteiger partial charge in [-0.05, 0) is 20.3 Å². The van der Waals surface area contributed by atoms with Gasteiger partial charge in [0.15, 0.2) is 5.12 Å². The summed E-state index contributed by atoms with van der Waals surface area (Å²) < 4.78 is 11.2. The van der Waals surface area contributed by atoms with Gasteiger partial charge in [0.25, 0.3) is 0 Å². The molecule has 3 nitrogen and oxygen atoms in total. The third kappa shape index (κ3) is 7.11. The van der Waals surface area contributed by atoms with Crippen LogP contribution < -0.4 is 0 Å². The Morgan fingerprint density at radius 2 is 1.80 bits per heavy atom. The van der Waals surface area contributed by atoms with Gasteiger partial charge >= 0.3 is 9.28 Å². The standard InChI is InChI=1S/C10H21O3SSi/c1-5-8-10(14-9(4)11)15(12-6-2)13-7-3/h10H,5-8H2,1-4H3. The van der Waals surface area contributed by atoms with Crippen LogP contribution >= 0.6 is 11.8 Å². The van der Waals surface area contributed by atoms with E-state index in [0.29, 0.717) is 13.2 Å². The average Bonchev–Trinajstić information content (AvgIpc) is 2.16. The van der Waals surface area contributed by atoms with Crippen molar-refractivity contribution in [1.82, 2.24) is 0 Å². The summed E-state index contributed by atoms with van der Waals surface area (Å²) in [7, 11) is -1.30. The quantitative estimate of drug-likeness (QED) is 0.619. The van der Waals surface area contributed by atoms with Crippen LogP contribution in [-0.2, 0) is 13.6 Å². The van der Waals surface area contributed by atoms with Gasteiger partial charge < -0.3 is 8.85 Å². The Morgan fingerprint density at radius 3 is 2.13 bits per heavy atom. The van der Waals surface area contributed by atoms with Crippen LogP contribution in [0.5, 0.6) is 0 Å². The van der Waals surface area contributed by atoms with Crippen LogP contribution in [0.4, 0.5) is 0 Å². The minimum atomic E-state index is -1.30. The molecule has 1 atom stereocenters. The molecule has 0 bridgehead atoms. The number of carbonyl (C=O) groups is 1. The normalized spacial score (nSPS) is 13.1. The first-order chi connectivity index (χ1) is 7.15. The molecule has 15 heavy (non-hydrogen) atoms. The molecule has 0 aromatic heterocycles. The van der Waals surface area contributed by atoms with Gasteiger partial charge in [-0.3, -0.25) is 4.79 Å². The Labute approximate surface area is 98.8 Å². The molecule has 0 aromatic carbocycles. The molecule has 0 amide bonds. The number of thioether (sulfide) groups is 1. The third-order valence-corrected chi connectivity index (χ3v) is 5.44. The van der Waals surface area contributed by atoms with Crippen molar-refractivity contribution in [2.24, 2.45) is 0 Å². The molecule has 0 rings (SSSR count). The second kappa shape index (κ2) is 9.39. The molecule has 0 aliphatic heterocycles. The van der Waals surface area contributed by atoms with Crippen LogP contribution in [0.3, 0.4) is 0 Å². The minimum absolute atomic E-state index is 0.148. The molecule has 5 heteroatoms. The summed E-state index contributed by atoms with van der Waals surface area (Å²) in [6.07, 6.45) is 2.04. The second-order valence-electron chi connectivity index (χ2n) is 3.07. The zero-order valence-corrected chi connectivity index (χ0v) is 11.9. The van der Waals surface area contributed by atoms with Gasteiger partial charge in [-0.25, -0.2) is 0 Å². The van der Waals surface area contributed by atoms with E-state index in [2.05, 4.69) is 6.92 Å². The highest BCUT2D eigenvalue weighted by Crippen LogP contribution is 2.21. The highest BCUT2D eigenvalue weighted by atomic mass is 32.2. The Kier molecular flexibility index (Phi) is 9.49. The zero-order valence-electron chi connectivity index (χ0n) is 10.0. The van der Waals surface area contributed by atoms with Gasteiger partial charge in [-0.1, -0.05) is 25.1 Å². The molecule has 0 N–H and O–H groups in total. The van der Waals surface area contributed by atoms with Crippen molar-refractivity contribution in [2.45, 2.75) is 45.4 Å². The molecule has 89 valence electrons. The number of rotatable bonds is 8. The van der Waals surface area contributed by atoms with Crippen LogP contribution in [0.1, 0.15) is 40.5 Å². The molecule has 0 fully saturated rings. The molecule has 0 heterocycles. The molecule has 0 spiro atoms. The van der Waals surface area contributed by atoms with E-state index < -0.39 is 9.28 Å². The van der Waals surface area contributed by atoms with Crippen LogP contribution in [0.15, 0.2) is 0 Å². The lowest BCUT2D eigenvalue weighted by molar-refractivity contribution is -0.109. The van der Waals surface area contributed by atoms with Crippen molar-refractivity contribution in [2.75, 3.05) is 13.2 Å². The van der Waals surface area contributed by atoms with Gasteiger partial charge in [0.05, 0.1) is 4.87 Å². The number of carbonyl (C=O) groups excluding carboxylic acids is 1. The maximum atomic E-state index is 11.1. The number of hydrogen-bond donors (Lipinski definition) is 0. The maximum absolute atomic E-state index is 11.1. The maximum Gasteiger partial charge on any atom is 0.399 e. The van der Waals surface area contributed by atoms with Gasteiger partial charge in [0, 0.05) is 20.1 Å². The molecule has 0 saturated heterocycles. The van der Waals surface area contributed by atoms with E-state index in [-0.39, 0.29) is 9.99 Å². The van der Waals surface area contributed by atoms with E-state index in [1.54, 1.807) is 6.92 Å². The monoisotopic (exact) mass is 249 g/mol. The summed E-state index contributed by atoms with van der Waals surface area (Å²) in [6, 6.07) is 0. The lowest BCUT2D eigenvalue weighted by Crippen LogP contribution is -2.36. The van der Waals surface area contributed by atoms with Crippen LogP contribution in [0.2, 0.25) is 0 Å². The van der Waals surface area contributed by atoms with Crippen LogP contribution in [0, 0.1) is 0 Å². The molecular formula is C10H21O3SSi. The van der Waals surface area contributed by atoms with Crippen molar-refractivity contribution in [3.05, 3.63) is 0 Å². The first-order valence-electron chi connectivity index (χ1n) is 5.45. The number of hydrogen-bond acceptors (Lipinski definition) is 4. The molecular weight excluding hydrogens is 228 g/mol. The van der Waals surface area contributed by atoms with Crippen molar-refractivity contribution in [1.29, 1.82) is 0 Å². The fourth-order valence-corrected chi connectivity index (χ4v) is 4.79. The van der Waals surface area contributed by atoms with E-state index in [4.69, 9.17) is 8.85 Å². The highest BCUT2D eigenvalue weighted by molar-refractivity contribution is 8.15. The topological polar surface area (TPSA) is 35.5 Å². The first-order valence-corrected chi connectivity index (χ1v) is 7.72. The molecule has 1 radical (unpaired) electrons. The van der Waals surface area contributed by atoms with E-state index in [1.807, 2.05) is 13.8 Å². The average molecular weight is 249 g/mol. The summed E-state index contributed by atoms with van der Waals surface area (Å²) in [5, 5.41) is 0.148. The third-order valence-electron chi connectivity index (χ3n) is 1.70. The molecule has 0 aromatic rings. The first kappa shape index (κ1) is 15.2. The van der Waals surface area contributed by atoms with Crippen molar-refractivity contribution in [3.63, 3.8) is 0 Å². The predicted octanol–water partition coefficient (Wildman–Crippen LogP) is 2.54. The fraction of sp³-hybridized carbons (Fsp3) is 0.900. The molecule has 0 saturated carbocycles. The zero-order chi connectivity index (χ0) is 11.7. The van der Waals surface area contributed by atoms with Crippen molar-refractivity contribution < 1.29 is 13.6 Å². The van der Waals surface area contributed by atoms with Gasteiger partial charge in [-0.15, -0.1) is 0 Å². The van der Waals surface area contributed by atoms with E-state index in [1.165, 1.54) is 11.8 Å². The Bertz CT molecular complexity index is 172. The summed E-state index contributed by atoms with van der Waals surface area (Å²) in [6.45, 7) is 8.96. The summed E-state index contributed by atoms with van der Waals surface area (Å²) >= 11 is 1.37. The summed E-state index contributed by atoms with van der Waals surface area (Å²) in [5.41, 5.74) is 0. The van der Waals surface area contributed by atoms with E-state index >= 15 is 0 Å².